The zero-order valence-corrected chi connectivity index (χ0v) is 10.1. The van der Waals surface area contributed by atoms with Crippen LogP contribution in [0.1, 0.15) is 11.1 Å². The van der Waals surface area contributed by atoms with E-state index in [0.29, 0.717) is 0 Å². The quantitative estimate of drug-likeness (QED) is 0.782. The van der Waals surface area contributed by atoms with Crippen molar-refractivity contribution < 1.29 is 0 Å². The molecule has 0 heterocycles. The van der Waals surface area contributed by atoms with Crippen LogP contribution in [-0.2, 0) is 6.54 Å². The number of hydrogen-bond donors (Lipinski definition) is 1. The van der Waals surface area contributed by atoms with Crippen LogP contribution in [0.4, 0.5) is 0 Å². The SMILES string of the molecule is BNCc1cccc(-c2ccc(C=C)cc2)c1. The highest BCUT2D eigenvalue weighted by atomic mass is 14.7. The predicted molar refractivity (Wildman–Crippen MR) is 77.4 cm³/mol. The van der Waals surface area contributed by atoms with Gasteiger partial charge in [-0.1, -0.05) is 55.1 Å². The van der Waals surface area contributed by atoms with Crippen molar-refractivity contribution in [1.82, 2.24) is 5.23 Å². The van der Waals surface area contributed by atoms with Gasteiger partial charge < -0.3 is 5.23 Å². The molecule has 0 saturated heterocycles. The van der Waals surface area contributed by atoms with Crippen LogP contribution >= 0.6 is 0 Å². The fourth-order valence-corrected chi connectivity index (χ4v) is 1.88. The lowest BCUT2D eigenvalue weighted by molar-refractivity contribution is 0.963. The minimum atomic E-state index is 0.901. The van der Waals surface area contributed by atoms with E-state index in [1.165, 1.54) is 16.7 Å². The maximum atomic E-state index is 3.76. The van der Waals surface area contributed by atoms with Gasteiger partial charge in [-0.15, -0.1) is 0 Å². The van der Waals surface area contributed by atoms with Crippen LogP contribution in [0.3, 0.4) is 0 Å². The Hall–Kier alpha value is -1.80. The van der Waals surface area contributed by atoms with Crippen LogP contribution in [0, 0.1) is 0 Å². The van der Waals surface area contributed by atoms with Gasteiger partial charge in [-0.05, 0) is 28.3 Å². The summed E-state index contributed by atoms with van der Waals surface area (Å²) in [6, 6.07) is 17.0. The molecule has 0 atom stereocenters. The Morgan fingerprint density at radius 3 is 2.47 bits per heavy atom. The van der Waals surface area contributed by atoms with E-state index in [1.807, 2.05) is 14.1 Å². The number of nitrogens with one attached hydrogen (secondary N) is 1. The molecule has 1 N–H and O–H groups in total. The monoisotopic (exact) mass is 221 g/mol. The highest BCUT2D eigenvalue weighted by Crippen LogP contribution is 2.21. The molecule has 0 bridgehead atoms. The molecule has 0 saturated carbocycles. The Morgan fingerprint density at radius 2 is 1.82 bits per heavy atom. The first kappa shape index (κ1) is 11.7. The van der Waals surface area contributed by atoms with Crippen molar-refractivity contribution in [3.63, 3.8) is 0 Å². The first-order valence-corrected chi connectivity index (χ1v) is 5.80. The molecule has 2 aromatic carbocycles. The summed E-state index contributed by atoms with van der Waals surface area (Å²) < 4.78 is 0. The molecule has 0 fully saturated rings. The van der Waals surface area contributed by atoms with E-state index in [4.69, 9.17) is 0 Å². The molecule has 0 radical (unpaired) electrons. The summed E-state index contributed by atoms with van der Waals surface area (Å²) in [5.41, 5.74) is 4.96. The Balaban J connectivity index is 2.31. The van der Waals surface area contributed by atoms with E-state index in [-0.39, 0.29) is 0 Å². The van der Waals surface area contributed by atoms with Crippen LogP contribution in [0.15, 0.2) is 55.1 Å². The average molecular weight is 221 g/mol. The Labute approximate surface area is 104 Å². The summed E-state index contributed by atoms with van der Waals surface area (Å²) in [7, 11) is 1.96. The number of hydrogen-bond acceptors (Lipinski definition) is 1. The van der Waals surface area contributed by atoms with Gasteiger partial charge in [-0.2, -0.15) is 0 Å². The van der Waals surface area contributed by atoms with Gasteiger partial charge in [-0.3, -0.25) is 0 Å². The summed E-state index contributed by atoms with van der Waals surface area (Å²) in [5, 5.41) is 3.17. The third-order valence-corrected chi connectivity index (χ3v) is 2.79. The number of rotatable bonds is 4. The third-order valence-electron chi connectivity index (χ3n) is 2.79. The van der Waals surface area contributed by atoms with Crippen molar-refractivity contribution in [1.29, 1.82) is 0 Å². The molecule has 1 nitrogen and oxygen atoms in total. The highest BCUT2D eigenvalue weighted by molar-refractivity contribution is 6.04. The molecule has 0 spiro atoms. The zero-order chi connectivity index (χ0) is 12.1. The fraction of sp³-hybridized carbons (Fsp3) is 0.0667. The van der Waals surface area contributed by atoms with Gasteiger partial charge >= 0.3 is 0 Å². The largest absolute Gasteiger partial charge is 0.358 e. The molecule has 2 aromatic rings. The van der Waals surface area contributed by atoms with Gasteiger partial charge in [0.1, 0.15) is 0 Å². The van der Waals surface area contributed by atoms with E-state index in [9.17, 15) is 0 Å². The first-order chi connectivity index (χ1) is 8.33. The van der Waals surface area contributed by atoms with Crippen molar-refractivity contribution in [2.45, 2.75) is 6.54 Å². The van der Waals surface area contributed by atoms with Gasteiger partial charge in [-0.25, -0.2) is 0 Å². The van der Waals surface area contributed by atoms with Gasteiger partial charge in [0.2, 0.25) is 0 Å². The van der Waals surface area contributed by atoms with Gasteiger partial charge in [0.05, 0.1) is 0 Å². The molecule has 0 aliphatic rings. The summed E-state index contributed by atoms with van der Waals surface area (Å²) >= 11 is 0. The molecule has 0 aromatic heterocycles. The first-order valence-electron chi connectivity index (χ1n) is 5.80. The van der Waals surface area contributed by atoms with Gasteiger partial charge in [0, 0.05) is 6.54 Å². The highest BCUT2D eigenvalue weighted by Gasteiger charge is 1.98. The molecule has 0 aliphatic carbocycles. The van der Waals surface area contributed by atoms with Crippen LogP contribution in [0.25, 0.3) is 17.2 Å². The third kappa shape index (κ3) is 2.86. The zero-order valence-electron chi connectivity index (χ0n) is 10.1. The predicted octanol–water partition coefficient (Wildman–Crippen LogP) is 2.63. The normalized spacial score (nSPS) is 10.1. The van der Waals surface area contributed by atoms with Crippen molar-refractivity contribution in [3.8, 4) is 11.1 Å². The second kappa shape index (κ2) is 5.51. The maximum absolute atomic E-state index is 3.76. The van der Waals surface area contributed by atoms with Crippen molar-refractivity contribution in [2.24, 2.45) is 0 Å². The molecular formula is C15H16BN. The Bertz CT molecular complexity index is 503. The van der Waals surface area contributed by atoms with Gasteiger partial charge in [0.15, 0.2) is 7.98 Å². The van der Waals surface area contributed by atoms with Crippen LogP contribution in [-0.4, -0.2) is 7.98 Å². The average Bonchev–Trinajstić information content (AvgIpc) is 2.40. The van der Waals surface area contributed by atoms with Crippen LogP contribution in [0.2, 0.25) is 0 Å². The molecule has 0 unspecified atom stereocenters. The fourth-order valence-electron chi connectivity index (χ4n) is 1.88. The summed E-state index contributed by atoms with van der Waals surface area (Å²) in [5.74, 6) is 0. The smallest absolute Gasteiger partial charge is 0.182 e. The lowest BCUT2D eigenvalue weighted by Gasteiger charge is -2.05. The summed E-state index contributed by atoms with van der Waals surface area (Å²) in [4.78, 5) is 0. The molecule has 2 heteroatoms. The van der Waals surface area contributed by atoms with Gasteiger partial charge in [0.25, 0.3) is 0 Å². The standard InChI is InChI=1S/C15H16BN/c1-2-12-6-8-14(9-7-12)15-5-3-4-13(10-15)11-17-16/h2-10,17H,1,11,16H2. The minimum Gasteiger partial charge on any atom is -0.358 e. The second-order valence-corrected chi connectivity index (χ2v) is 4.06. The van der Waals surface area contributed by atoms with E-state index < -0.39 is 0 Å². The molecule has 0 aliphatic heterocycles. The summed E-state index contributed by atoms with van der Waals surface area (Å²) in [6.07, 6.45) is 1.86. The van der Waals surface area contributed by atoms with E-state index in [1.54, 1.807) is 0 Å². The van der Waals surface area contributed by atoms with Crippen LogP contribution in [0.5, 0.6) is 0 Å². The van der Waals surface area contributed by atoms with Crippen LogP contribution < -0.4 is 5.23 Å². The molecule has 17 heavy (non-hydrogen) atoms. The molecule has 0 amide bonds. The minimum absolute atomic E-state index is 0.901. The summed E-state index contributed by atoms with van der Waals surface area (Å²) in [6.45, 7) is 4.66. The number of benzene rings is 2. The lowest BCUT2D eigenvalue weighted by Crippen LogP contribution is -2.06. The van der Waals surface area contributed by atoms with E-state index >= 15 is 0 Å². The molecule has 2 rings (SSSR count). The van der Waals surface area contributed by atoms with Crippen molar-refractivity contribution in [2.75, 3.05) is 0 Å². The topological polar surface area (TPSA) is 12.0 Å². The van der Waals surface area contributed by atoms with E-state index in [0.717, 1.165) is 12.1 Å². The second-order valence-electron chi connectivity index (χ2n) is 4.06. The Kier molecular flexibility index (Phi) is 3.79. The maximum Gasteiger partial charge on any atom is 0.182 e. The Morgan fingerprint density at radius 1 is 1.06 bits per heavy atom. The van der Waals surface area contributed by atoms with Crippen molar-refractivity contribution >= 4 is 14.1 Å². The molecular weight excluding hydrogens is 205 g/mol. The lowest BCUT2D eigenvalue weighted by atomic mass is 10.0. The molecule has 84 valence electrons. The van der Waals surface area contributed by atoms with E-state index in [2.05, 4.69) is 60.3 Å². The van der Waals surface area contributed by atoms with Crippen molar-refractivity contribution in [3.05, 3.63) is 66.2 Å².